The third-order valence-electron chi connectivity index (χ3n) is 6.70. The zero-order valence-electron chi connectivity index (χ0n) is 19.6. The molecular weight excluding hydrogens is 460 g/mol. The van der Waals surface area contributed by atoms with E-state index in [4.69, 9.17) is 25.2 Å². The van der Waals surface area contributed by atoms with Crippen LogP contribution in [0, 0.1) is 0 Å². The fourth-order valence-corrected chi connectivity index (χ4v) is 4.79. The van der Waals surface area contributed by atoms with Crippen LogP contribution in [0.2, 0.25) is 0 Å². The third kappa shape index (κ3) is 4.51. The number of benzene rings is 2. The van der Waals surface area contributed by atoms with Gasteiger partial charge >= 0.3 is 0 Å². The SMILES string of the molecule is [B]c1ccc(OCc2ccc(CN3CCOCC3=O)cc2)c2c1C(=O)N(C1CCC(=O)NC1=O)C2[B]. The number of amides is 4. The number of hydrogen-bond donors (Lipinski definition) is 1. The highest BCUT2D eigenvalue weighted by molar-refractivity contribution is 6.38. The van der Waals surface area contributed by atoms with Gasteiger partial charge in [0.2, 0.25) is 17.7 Å². The van der Waals surface area contributed by atoms with Crippen LogP contribution in [-0.2, 0) is 32.3 Å². The molecule has 2 atom stereocenters. The first-order valence-electron chi connectivity index (χ1n) is 11.7. The van der Waals surface area contributed by atoms with E-state index >= 15 is 0 Å². The van der Waals surface area contributed by atoms with E-state index in [-0.39, 0.29) is 48.9 Å². The maximum Gasteiger partial charge on any atom is 0.254 e. The van der Waals surface area contributed by atoms with Crippen molar-refractivity contribution in [3.8, 4) is 5.75 Å². The fourth-order valence-electron chi connectivity index (χ4n) is 4.79. The average molecular weight is 483 g/mol. The molecule has 0 aromatic heterocycles. The predicted molar refractivity (Wildman–Crippen MR) is 130 cm³/mol. The Balaban J connectivity index is 1.30. The zero-order valence-corrected chi connectivity index (χ0v) is 19.6. The second-order valence-electron chi connectivity index (χ2n) is 9.04. The number of ether oxygens (including phenoxy) is 2. The van der Waals surface area contributed by atoms with Gasteiger partial charge in [-0.05, 0) is 23.6 Å². The van der Waals surface area contributed by atoms with E-state index < -0.39 is 23.8 Å². The lowest BCUT2D eigenvalue weighted by Crippen LogP contribution is -2.53. The normalized spacial score (nSPS) is 22.0. The summed E-state index contributed by atoms with van der Waals surface area (Å²) in [4.78, 5) is 52.2. The quantitative estimate of drug-likeness (QED) is 0.453. The molecule has 180 valence electrons. The van der Waals surface area contributed by atoms with Gasteiger partial charge in [0.05, 0.1) is 6.61 Å². The number of piperidine rings is 1. The van der Waals surface area contributed by atoms with Gasteiger partial charge in [-0.2, -0.15) is 0 Å². The molecule has 11 heteroatoms. The van der Waals surface area contributed by atoms with Crippen molar-refractivity contribution in [3.63, 3.8) is 0 Å². The van der Waals surface area contributed by atoms with Crippen molar-refractivity contribution in [2.45, 2.75) is 38.0 Å². The topological polar surface area (TPSA) is 105 Å². The minimum absolute atomic E-state index is 0.0249. The summed E-state index contributed by atoms with van der Waals surface area (Å²) in [5.74, 6) is -1.95. The molecule has 2 aromatic rings. The Labute approximate surface area is 210 Å². The van der Waals surface area contributed by atoms with Crippen molar-refractivity contribution in [3.05, 3.63) is 58.7 Å². The molecule has 0 saturated carbocycles. The van der Waals surface area contributed by atoms with Crippen LogP contribution in [0.3, 0.4) is 0 Å². The van der Waals surface area contributed by atoms with Crippen molar-refractivity contribution in [1.29, 1.82) is 0 Å². The summed E-state index contributed by atoms with van der Waals surface area (Å²) in [6, 6.07) is 10.1. The molecule has 4 radical (unpaired) electrons. The van der Waals surface area contributed by atoms with Gasteiger partial charge in [-0.1, -0.05) is 35.8 Å². The highest BCUT2D eigenvalue weighted by Crippen LogP contribution is 2.39. The smallest absolute Gasteiger partial charge is 0.254 e. The standard InChI is InChI=1S/C25H23B2N3O6/c26-16-5-7-18(22-21(16)25(34)30(23(22)27)17-6-8-19(31)28-24(17)33)36-12-15-3-1-14(2-4-15)11-29-9-10-35-13-20(29)32/h1-5,7,17,23H,6,8-13H2,(H,28,31,33). The molecule has 0 aliphatic carbocycles. The number of hydrogen-bond acceptors (Lipinski definition) is 6. The van der Waals surface area contributed by atoms with Gasteiger partial charge in [-0.3, -0.25) is 24.5 Å². The molecule has 1 N–H and O–H groups in total. The number of imide groups is 1. The molecule has 0 bridgehead atoms. The molecule has 0 spiro atoms. The Morgan fingerprint density at radius 1 is 1.06 bits per heavy atom. The first kappa shape index (κ1) is 24.1. The Bertz CT molecular complexity index is 1240. The Kier molecular flexibility index (Phi) is 6.57. The fraction of sp³-hybridized carbons (Fsp3) is 0.360. The van der Waals surface area contributed by atoms with Crippen LogP contribution in [0.15, 0.2) is 36.4 Å². The molecule has 36 heavy (non-hydrogen) atoms. The maximum atomic E-state index is 13.2. The second-order valence-corrected chi connectivity index (χ2v) is 9.04. The van der Waals surface area contributed by atoms with Gasteiger partial charge in [-0.25, -0.2) is 0 Å². The molecule has 9 nitrogen and oxygen atoms in total. The van der Waals surface area contributed by atoms with Gasteiger partial charge in [0.1, 0.15) is 40.7 Å². The Hall–Kier alpha value is -3.59. The van der Waals surface area contributed by atoms with Crippen LogP contribution < -0.4 is 15.5 Å². The van der Waals surface area contributed by atoms with E-state index in [0.717, 1.165) is 11.1 Å². The van der Waals surface area contributed by atoms with Crippen LogP contribution in [0.5, 0.6) is 5.75 Å². The van der Waals surface area contributed by atoms with Crippen molar-refractivity contribution < 1.29 is 28.7 Å². The first-order chi connectivity index (χ1) is 17.3. The highest BCUT2D eigenvalue weighted by atomic mass is 16.5. The lowest BCUT2D eigenvalue weighted by molar-refractivity contribution is -0.143. The van der Waals surface area contributed by atoms with Crippen molar-refractivity contribution in [2.75, 3.05) is 19.8 Å². The summed E-state index contributed by atoms with van der Waals surface area (Å²) < 4.78 is 11.2. The number of morpholine rings is 1. The second kappa shape index (κ2) is 9.81. The summed E-state index contributed by atoms with van der Waals surface area (Å²) in [6.07, 6.45) is 0.314. The number of nitrogens with one attached hydrogen (secondary N) is 1. The van der Waals surface area contributed by atoms with E-state index in [9.17, 15) is 19.2 Å². The van der Waals surface area contributed by atoms with Crippen molar-refractivity contribution in [2.24, 2.45) is 0 Å². The molecule has 2 saturated heterocycles. The van der Waals surface area contributed by atoms with Crippen molar-refractivity contribution >= 4 is 44.8 Å². The summed E-state index contributed by atoms with van der Waals surface area (Å²) in [7, 11) is 12.5. The summed E-state index contributed by atoms with van der Waals surface area (Å²) in [5.41, 5.74) is 2.77. The number of carbonyl (C=O) groups is 4. The van der Waals surface area contributed by atoms with Gasteiger partial charge in [-0.15, -0.1) is 0 Å². The molecular formula is C25H23B2N3O6. The van der Waals surface area contributed by atoms with E-state index in [0.29, 0.717) is 31.0 Å². The van der Waals surface area contributed by atoms with Gasteiger partial charge in [0.25, 0.3) is 5.91 Å². The monoisotopic (exact) mass is 483 g/mol. The molecule has 3 aliphatic rings. The first-order valence-corrected chi connectivity index (χ1v) is 11.7. The maximum absolute atomic E-state index is 13.2. The zero-order chi connectivity index (χ0) is 25.4. The lowest BCUT2D eigenvalue weighted by Gasteiger charge is -2.33. The third-order valence-corrected chi connectivity index (χ3v) is 6.70. The minimum atomic E-state index is -0.941. The molecule has 4 amide bonds. The van der Waals surface area contributed by atoms with Crippen LogP contribution in [0.1, 0.15) is 45.8 Å². The van der Waals surface area contributed by atoms with E-state index in [1.807, 2.05) is 24.3 Å². The largest absolute Gasteiger partial charge is 0.489 e. The highest BCUT2D eigenvalue weighted by Gasteiger charge is 2.44. The number of nitrogens with zero attached hydrogens (tertiary/aromatic N) is 2. The van der Waals surface area contributed by atoms with Crippen LogP contribution in [0.4, 0.5) is 0 Å². The molecule has 2 unspecified atom stereocenters. The summed E-state index contributed by atoms with van der Waals surface area (Å²) in [6.45, 7) is 1.95. The minimum Gasteiger partial charge on any atom is -0.489 e. The number of rotatable bonds is 6. The lowest BCUT2D eigenvalue weighted by atomic mass is 9.82. The average Bonchev–Trinajstić information content (AvgIpc) is 3.12. The van der Waals surface area contributed by atoms with Crippen LogP contribution >= 0.6 is 0 Å². The summed E-state index contributed by atoms with van der Waals surface area (Å²) >= 11 is 0. The van der Waals surface area contributed by atoms with E-state index in [1.54, 1.807) is 17.0 Å². The molecule has 3 heterocycles. The number of carbonyl (C=O) groups excluding carboxylic acids is 4. The summed E-state index contributed by atoms with van der Waals surface area (Å²) in [5, 5.41) is 2.26. The molecule has 2 fully saturated rings. The van der Waals surface area contributed by atoms with Gasteiger partial charge < -0.3 is 19.3 Å². The Morgan fingerprint density at radius 2 is 1.81 bits per heavy atom. The van der Waals surface area contributed by atoms with Gasteiger partial charge in [0.15, 0.2) is 0 Å². The predicted octanol–water partition coefficient (Wildman–Crippen LogP) is -0.154. The van der Waals surface area contributed by atoms with Crippen LogP contribution in [-0.4, -0.2) is 74.9 Å². The Morgan fingerprint density at radius 3 is 2.53 bits per heavy atom. The molecule has 5 rings (SSSR count). The van der Waals surface area contributed by atoms with E-state index in [1.165, 1.54) is 4.90 Å². The van der Waals surface area contributed by atoms with Crippen LogP contribution in [0.25, 0.3) is 0 Å². The van der Waals surface area contributed by atoms with E-state index in [2.05, 4.69) is 5.32 Å². The molecule has 3 aliphatic heterocycles. The molecule has 2 aromatic carbocycles. The van der Waals surface area contributed by atoms with Gasteiger partial charge in [0, 0.05) is 36.6 Å². The van der Waals surface area contributed by atoms with Crippen molar-refractivity contribution in [1.82, 2.24) is 15.1 Å². The number of fused-ring (bicyclic) bond motifs is 1.